The summed E-state index contributed by atoms with van der Waals surface area (Å²) < 4.78 is 0. The Morgan fingerprint density at radius 2 is 1.89 bits per heavy atom. The Labute approximate surface area is 114 Å². The van der Waals surface area contributed by atoms with Crippen molar-refractivity contribution in [1.82, 2.24) is 4.98 Å². The number of aromatic nitrogens is 1. The van der Waals surface area contributed by atoms with Gasteiger partial charge in [-0.25, -0.2) is 20.5 Å². The predicted octanol–water partition coefficient (Wildman–Crippen LogP) is 0.141. The van der Waals surface area contributed by atoms with E-state index in [1.165, 1.54) is 12.1 Å². The van der Waals surface area contributed by atoms with Gasteiger partial charge in [-0.3, -0.25) is 9.59 Å². The summed E-state index contributed by atoms with van der Waals surface area (Å²) in [7, 11) is 0. The van der Waals surface area contributed by atoms with E-state index in [4.69, 9.17) is 10.9 Å². The molecule has 1 fully saturated rings. The minimum atomic E-state index is -1.27. The number of nitrogen functional groups attached to an aromatic ring is 1. The zero-order valence-corrected chi connectivity index (χ0v) is 10.4. The topological polar surface area (TPSA) is 126 Å². The van der Waals surface area contributed by atoms with Crippen LogP contribution < -0.4 is 16.2 Å². The Balaban J connectivity index is 0.00000180. The quantitative estimate of drug-likeness (QED) is 0.410. The van der Waals surface area contributed by atoms with Crippen LogP contribution in [0, 0.1) is 0 Å². The molecule has 8 nitrogen and oxygen atoms in total. The third-order valence-electron chi connectivity index (χ3n) is 2.52. The lowest BCUT2D eigenvalue weighted by atomic mass is 10.2. The van der Waals surface area contributed by atoms with Crippen molar-refractivity contribution in [3.8, 4) is 0 Å². The molecule has 1 aliphatic heterocycles. The van der Waals surface area contributed by atoms with Crippen LogP contribution in [0.5, 0.6) is 0 Å². The Kier molecular flexibility index (Phi) is 4.41. The first-order valence-corrected chi connectivity index (χ1v) is 5.11. The van der Waals surface area contributed by atoms with Gasteiger partial charge in [0, 0.05) is 12.8 Å². The van der Waals surface area contributed by atoms with Crippen molar-refractivity contribution in [2.24, 2.45) is 5.84 Å². The van der Waals surface area contributed by atoms with Crippen LogP contribution in [0.15, 0.2) is 12.1 Å². The number of hydrogen-bond acceptors (Lipinski definition) is 6. The monoisotopic (exact) mass is 286 g/mol. The Hall–Kier alpha value is -2.19. The number of carboxylic acids is 1. The number of imide groups is 1. The fraction of sp³-hybridized carbons (Fsp3) is 0.200. The van der Waals surface area contributed by atoms with E-state index in [1.807, 2.05) is 0 Å². The number of rotatable bonds is 3. The third-order valence-corrected chi connectivity index (χ3v) is 2.52. The Morgan fingerprint density at radius 1 is 1.32 bits per heavy atom. The number of pyridine rings is 1. The number of amides is 2. The largest absolute Gasteiger partial charge is 0.478 e. The fourth-order valence-corrected chi connectivity index (χ4v) is 1.68. The van der Waals surface area contributed by atoms with E-state index in [0.717, 1.165) is 4.90 Å². The van der Waals surface area contributed by atoms with Crippen molar-refractivity contribution in [3.63, 3.8) is 0 Å². The van der Waals surface area contributed by atoms with E-state index in [1.54, 1.807) is 0 Å². The van der Waals surface area contributed by atoms with E-state index >= 15 is 0 Å². The highest BCUT2D eigenvalue weighted by Gasteiger charge is 2.34. The molecule has 2 amide bonds. The molecule has 0 aliphatic carbocycles. The van der Waals surface area contributed by atoms with Gasteiger partial charge in [0.25, 0.3) is 0 Å². The van der Waals surface area contributed by atoms with E-state index in [0.29, 0.717) is 0 Å². The lowest BCUT2D eigenvalue weighted by Gasteiger charge is -2.15. The number of hydrazine groups is 1. The molecule has 0 radical (unpaired) electrons. The second-order valence-electron chi connectivity index (χ2n) is 3.64. The molecule has 2 rings (SSSR count). The van der Waals surface area contributed by atoms with Crippen molar-refractivity contribution in [2.45, 2.75) is 12.8 Å². The minimum absolute atomic E-state index is 0. The molecule has 0 bridgehead atoms. The molecular formula is C10H11ClN4O4. The summed E-state index contributed by atoms with van der Waals surface area (Å²) in [5.74, 6) is 2.92. The molecule has 4 N–H and O–H groups in total. The summed E-state index contributed by atoms with van der Waals surface area (Å²) in [5, 5.41) is 9.02. The number of nitrogens with one attached hydrogen (secondary N) is 1. The normalized spacial score (nSPS) is 14.3. The molecule has 0 unspecified atom stereocenters. The predicted molar refractivity (Wildman–Crippen MR) is 68.0 cm³/mol. The maximum absolute atomic E-state index is 11.6. The molecular weight excluding hydrogens is 276 g/mol. The van der Waals surface area contributed by atoms with Crippen LogP contribution in [-0.4, -0.2) is 27.9 Å². The smallest absolute Gasteiger partial charge is 0.339 e. The number of halogens is 1. The SMILES string of the molecule is Cl.NNc1ccc(C(=O)O)c(N2C(=O)CCC2=O)n1. The first-order valence-electron chi connectivity index (χ1n) is 5.11. The lowest BCUT2D eigenvalue weighted by molar-refractivity contribution is -0.121. The number of hydrogen-bond donors (Lipinski definition) is 3. The number of nitrogens with zero attached hydrogens (tertiary/aromatic N) is 2. The number of carbonyl (C=O) groups excluding carboxylic acids is 2. The Morgan fingerprint density at radius 3 is 2.37 bits per heavy atom. The van der Waals surface area contributed by atoms with Crippen LogP contribution in [0.3, 0.4) is 0 Å². The van der Waals surface area contributed by atoms with Crippen molar-refractivity contribution >= 4 is 41.8 Å². The molecule has 2 heterocycles. The first kappa shape index (κ1) is 14.9. The fourth-order valence-electron chi connectivity index (χ4n) is 1.68. The standard InChI is InChI=1S/C10H10N4O4.ClH/c11-13-6-2-1-5(10(17)18)9(12-6)14-7(15)3-4-8(14)16;/h1-2H,3-4,11H2,(H,12,13)(H,17,18);1H. The number of aromatic carboxylic acids is 1. The van der Waals surface area contributed by atoms with Crippen molar-refractivity contribution in [3.05, 3.63) is 17.7 Å². The van der Waals surface area contributed by atoms with Gasteiger partial charge in [0.1, 0.15) is 11.4 Å². The second-order valence-corrected chi connectivity index (χ2v) is 3.64. The summed E-state index contributed by atoms with van der Waals surface area (Å²) in [4.78, 5) is 38.9. The second kappa shape index (κ2) is 5.63. The van der Waals surface area contributed by atoms with E-state index in [2.05, 4.69) is 10.4 Å². The number of nitrogens with two attached hydrogens (primary N) is 1. The number of carboxylic acid groups (broad SMARTS) is 1. The van der Waals surface area contributed by atoms with Crippen molar-refractivity contribution < 1.29 is 19.5 Å². The maximum atomic E-state index is 11.6. The van der Waals surface area contributed by atoms with Gasteiger partial charge in [0.2, 0.25) is 11.8 Å². The van der Waals surface area contributed by atoms with Crippen LogP contribution in [0.1, 0.15) is 23.2 Å². The van der Waals surface area contributed by atoms with Crippen LogP contribution in [-0.2, 0) is 9.59 Å². The van der Waals surface area contributed by atoms with Gasteiger partial charge in [-0.1, -0.05) is 0 Å². The summed E-state index contributed by atoms with van der Waals surface area (Å²) in [5.41, 5.74) is 2.01. The molecule has 9 heteroatoms. The van der Waals surface area contributed by atoms with Gasteiger partial charge >= 0.3 is 5.97 Å². The molecule has 0 saturated carbocycles. The maximum Gasteiger partial charge on any atom is 0.339 e. The van der Waals surface area contributed by atoms with Crippen LogP contribution in [0.2, 0.25) is 0 Å². The number of anilines is 2. The zero-order valence-electron chi connectivity index (χ0n) is 9.62. The first-order chi connectivity index (χ1) is 8.54. The van der Waals surface area contributed by atoms with Gasteiger partial charge in [0.05, 0.1) is 0 Å². The van der Waals surface area contributed by atoms with Crippen molar-refractivity contribution in [2.75, 3.05) is 10.3 Å². The van der Waals surface area contributed by atoms with E-state index in [9.17, 15) is 14.4 Å². The third kappa shape index (κ3) is 2.64. The highest BCUT2D eigenvalue weighted by atomic mass is 35.5. The summed E-state index contributed by atoms with van der Waals surface area (Å²) in [6, 6.07) is 2.58. The summed E-state index contributed by atoms with van der Waals surface area (Å²) >= 11 is 0. The van der Waals surface area contributed by atoms with Gasteiger partial charge in [-0.2, -0.15) is 0 Å². The highest BCUT2D eigenvalue weighted by Crippen LogP contribution is 2.25. The van der Waals surface area contributed by atoms with Gasteiger partial charge in [-0.05, 0) is 12.1 Å². The zero-order chi connectivity index (χ0) is 13.3. The Bertz CT molecular complexity index is 532. The minimum Gasteiger partial charge on any atom is -0.478 e. The molecule has 102 valence electrons. The van der Waals surface area contributed by atoms with Crippen molar-refractivity contribution in [1.29, 1.82) is 0 Å². The molecule has 1 aliphatic rings. The van der Waals surface area contributed by atoms with E-state index in [-0.39, 0.29) is 42.4 Å². The summed E-state index contributed by atoms with van der Waals surface area (Å²) in [6.07, 6.45) is 0.111. The average Bonchev–Trinajstić information content (AvgIpc) is 2.68. The van der Waals surface area contributed by atoms with Crippen LogP contribution in [0.25, 0.3) is 0 Å². The van der Waals surface area contributed by atoms with Crippen LogP contribution in [0.4, 0.5) is 11.6 Å². The molecule has 0 aromatic carbocycles. The molecule has 0 atom stereocenters. The van der Waals surface area contributed by atoms with Crippen LogP contribution >= 0.6 is 12.4 Å². The molecule has 1 aromatic rings. The molecule has 1 saturated heterocycles. The van der Waals surface area contributed by atoms with Gasteiger partial charge < -0.3 is 10.5 Å². The van der Waals surface area contributed by atoms with E-state index < -0.39 is 17.8 Å². The molecule has 0 spiro atoms. The van der Waals surface area contributed by atoms with Gasteiger partial charge in [-0.15, -0.1) is 12.4 Å². The van der Waals surface area contributed by atoms with Gasteiger partial charge in [0.15, 0.2) is 5.82 Å². The summed E-state index contributed by atoms with van der Waals surface area (Å²) in [6.45, 7) is 0. The highest BCUT2D eigenvalue weighted by molar-refractivity contribution is 6.21. The number of carbonyl (C=O) groups is 3. The lowest BCUT2D eigenvalue weighted by Crippen LogP contribution is -2.31. The molecule has 1 aromatic heterocycles. The average molecular weight is 287 g/mol. The molecule has 19 heavy (non-hydrogen) atoms.